The van der Waals surface area contributed by atoms with E-state index in [0.717, 1.165) is 0 Å². The highest BCUT2D eigenvalue weighted by Gasteiger charge is 2.14. The van der Waals surface area contributed by atoms with Crippen molar-refractivity contribution in [3.05, 3.63) is 29.8 Å². The fourth-order valence-corrected chi connectivity index (χ4v) is 1.12. The summed E-state index contributed by atoms with van der Waals surface area (Å²) in [4.78, 5) is 16.2. The summed E-state index contributed by atoms with van der Waals surface area (Å²) in [7, 11) is 0. The Kier molecular flexibility index (Phi) is 4.98. The molecule has 1 aromatic rings. The topological polar surface area (TPSA) is 71.3 Å². The van der Waals surface area contributed by atoms with Gasteiger partial charge in [-0.2, -0.15) is 5.26 Å². The molecule has 0 saturated carbocycles. The van der Waals surface area contributed by atoms with Gasteiger partial charge in [-0.1, -0.05) is 6.07 Å². The van der Waals surface area contributed by atoms with E-state index in [9.17, 15) is 4.79 Å². The van der Waals surface area contributed by atoms with Crippen molar-refractivity contribution < 1.29 is 14.4 Å². The first-order valence-corrected chi connectivity index (χ1v) is 5.25. The maximum atomic E-state index is 11.4. The number of carbonyl (C=O) groups excluding carboxylic acids is 1. The van der Waals surface area contributed by atoms with Crippen molar-refractivity contribution in [3.63, 3.8) is 0 Å². The summed E-state index contributed by atoms with van der Waals surface area (Å²) in [5.74, 6) is 0.109. The predicted molar refractivity (Wildman–Crippen MR) is 61.0 cm³/mol. The van der Waals surface area contributed by atoms with E-state index in [1.54, 1.807) is 38.1 Å². The van der Waals surface area contributed by atoms with Gasteiger partial charge in [0.2, 0.25) is 0 Å². The van der Waals surface area contributed by atoms with Crippen LogP contribution in [0.3, 0.4) is 0 Å². The highest BCUT2D eigenvalue weighted by atomic mass is 16.7. The summed E-state index contributed by atoms with van der Waals surface area (Å²) in [6, 6.07) is 8.62. The van der Waals surface area contributed by atoms with Crippen LogP contribution in [-0.4, -0.2) is 18.6 Å². The summed E-state index contributed by atoms with van der Waals surface area (Å²) in [5, 5.41) is 8.72. The van der Waals surface area contributed by atoms with Crippen LogP contribution in [0.1, 0.15) is 19.4 Å². The molecule has 1 atom stereocenters. The zero-order valence-corrected chi connectivity index (χ0v) is 9.77. The standard InChI is InChI=1S/C12H14N2O3/c1-3-16-14-12(15)9(2)17-11-6-4-5-10(7-11)8-13/h4-7,9H,3H2,1-2H3,(H,14,15). The molecule has 1 aromatic carbocycles. The third-order valence-corrected chi connectivity index (χ3v) is 1.96. The molecule has 5 heteroatoms. The van der Waals surface area contributed by atoms with E-state index in [1.165, 1.54) is 0 Å². The maximum absolute atomic E-state index is 11.4. The first-order chi connectivity index (χ1) is 8.17. The number of rotatable bonds is 5. The highest BCUT2D eigenvalue weighted by Crippen LogP contribution is 2.14. The molecule has 0 aromatic heterocycles. The van der Waals surface area contributed by atoms with Crippen LogP contribution in [0.25, 0.3) is 0 Å². The van der Waals surface area contributed by atoms with Crippen molar-refractivity contribution in [2.75, 3.05) is 6.61 Å². The summed E-state index contributed by atoms with van der Waals surface area (Å²) in [5.41, 5.74) is 2.74. The lowest BCUT2D eigenvalue weighted by Gasteiger charge is -2.14. The van der Waals surface area contributed by atoms with Gasteiger partial charge in [0.1, 0.15) is 5.75 Å². The molecule has 0 aliphatic carbocycles. The largest absolute Gasteiger partial charge is 0.481 e. The Bertz CT molecular complexity index is 426. The van der Waals surface area contributed by atoms with Crippen molar-refractivity contribution >= 4 is 5.91 Å². The lowest BCUT2D eigenvalue weighted by Crippen LogP contribution is -2.36. The minimum atomic E-state index is -0.685. The molecule has 1 unspecified atom stereocenters. The van der Waals surface area contributed by atoms with Crippen molar-refractivity contribution in [1.29, 1.82) is 5.26 Å². The molecule has 0 saturated heterocycles. The molecule has 0 heterocycles. The highest BCUT2D eigenvalue weighted by molar-refractivity contribution is 5.79. The Labute approximate surface area is 99.9 Å². The van der Waals surface area contributed by atoms with E-state index < -0.39 is 6.10 Å². The van der Waals surface area contributed by atoms with E-state index in [1.807, 2.05) is 6.07 Å². The molecule has 17 heavy (non-hydrogen) atoms. The summed E-state index contributed by atoms with van der Waals surface area (Å²) in [6.45, 7) is 3.76. The lowest BCUT2D eigenvalue weighted by atomic mass is 10.2. The van der Waals surface area contributed by atoms with Gasteiger partial charge in [0.25, 0.3) is 5.91 Å². The van der Waals surface area contributed by atoms with Crippen LogP contribution in [0.15, 0.2) is 24.3 Å². The monoisotopic (exact) mass is 234 g/mol. The average Bonchev–Trinajstić information content (AvgIpc) is 2.36. The normalized spacial score (nSPS) is 11.4. The minimum Gasteiger partial charge on any atom is -0.481 e. The molecule has 0 radical (unpaired) electrons. The van der Waals surface area contributed by atoms with Gasteiger partial charge in [-0.15, -0.1) is 0 Å². The summed E-state index contributed by atoms with van der Waals surface area (Å²) in [6.07, 6.45) is -0.685. The molecule has 1 N–H and O–H groups in total. The van der Waals surface area contributed by atoms with E-state index in [-0.39, 0.29) is 5.91 Å². The zero-order chi connectivity index (χ0) is 12.7. The summed E-state index contributed by atoms with van der Waals surface area (Å²) >= 11 is 0. The SMILES string of the molecule is CCONC(=O)C(C)Oc1cccc(C#N)c1. The molecule has 1 rings (SSSR count). The van der Waals surface area contributed by atoms with E-state index >= 15 is 0 Å². The zero-order valence-electron chi connectivity index (χ0n) is 9.77. The average molecular weight is 234 g/mol. The van der Waals surface area contributed by atoms with Crippen LogP contribution in [0, 0.1) is 11.3 Å². The second-order valence-corrected chi connectivity index (χ2v) is 3.30. The predicted octanol–water partition coefficient (Wildman–Crippen LogP) is 1.39. The molecule has 0 aliphatic heterocycles. The molecule has 5 nitrogen and oxygen atoms in total. The molecule has 0 fully saturated rings. The number of nitrogens with one attached hydrogen (secondary N) is 1. The Morgan fingerprint density at radius 1 is 1.59 bits per heavy atom. The van der Waals surface area contributed by atoms with Crippen molar-refractivity contribution in [3.8, 4) is 11.8 Å². The molecule has 1 amide bonds. The number of ether oxygens (including phenoxy) is 1. The van der Waals surface area contributed by atoms with Crippen LogP contribution in [0.2, 0.25) is 0 Å². The number of hydrogen-bond acceptors (Lipinski definition) is 4. The fourth-order valence-electron chi connectivity index (χ4n) is 1.12. The van der Waals surface area contributed by atoms with Gasteiger partial charge in [0.05, 0.1) is 18.2 Å². The lowest BCUT2D eigenvalue weighted by molar-refractivity contribution is -0.139. The van der Waals surface area contributed by atoms with Gasteiger partial charge >= 0.3 is 0 Å². The number of amides is 1. The number of hydroxylamine groups is 1. The Hall–Kier alpha value is -2.06. The first-order valence-electron chi connectivity index (χ1n) is 5.25. The van der Waals surface area contributed by atoms with E-state index in [0.29, 0.717) is 17.9 Å². The maximum Gasteiger partial charge on any atom is 0.284 e. The Morgan fingerprint density at radius 3 is 3.00 bits per heavy atom. The van der Waals surface area contributed by atoms with Gasteiger partial charge in [-0.3, -0.25) is 9.63 Å². The third-order valence-electron chi connectivity index (χ3n) is 1.96. The number of hydrogen-bond donors (Lipinski definition) is 1. The molecular formula is C12H14N2O3. The molecule has 0 aliphatic rings. The van der Waals surface area contributed by atoms with Gasteiger partial charge in [-0.05, 0) is 32.0 Å². The molecule has 0 bridgehead atoms. The van der Waals surface area contributed by atoms with Crippen LogP contribution >= 0.6 is 0 Å². The van der Waals surface area contributed by atoms with Crippen LogP contribution in [0.5, 0.6) is 5.75 Å². The Morgan fingerprint density at radius 2 is 2.35 bits per heavy atom. The van der Waals surface area contributed by atoms with E-state index in [4.69, 9.17) is 14.8 Å². The van der Waals surface area contributed by atoms with Gasteiger partial charge in [0, 0.05) is 0 Å². The number of carbonyl (C=O) groups is 1. The quantitative estimate of drug-likeness (QED) is 0.781. The van der Waals surface area contributed by atoms with Gasteiger partial charge in [-0.25, -0.2) is 5.48 Å². The third kappa shape index (κ3) is 4.13. The Balaban J connectivity index is 2.58. The molecule has 90 valence electrons. The number of benzene rings is 1. The van der Waals surface area contributed by atoms with Crippen molar-refractivity contribution in [2.45, 2.75) is 20.0 Å². The van der Waals surface area contributed by atoms with Gasteiger partial charge in [0.15, 0.2) is 6.10 Å². The molecule has 0 spiro atoms. The smallest absolute Gasteiger partial charge is 0.284 e. The van der Waals surface area contributed by atoms with Crippen molar-refractivity contribution in [1.82, 2.24) is 5.48 Å². The van der Waals surface area contributed by atoms with Crippen LogP contribution in [-0.2, 0) is 9.63 Å². The van der Waals surface area contributed by atoms with Gasteiger partial charge < -0.3 is 4.74 Å². The fraction of sp³-hybridized carbons (Fsp3) is 0.333. The second-order valence-electron chi connectivity index (χ2n) is 3.30. The van der Waals surface area contributed by atoms with E-state index in [2.05, 4.69) is 5.48 Å². The van der Waals surface area contributed by atoms with Crippen LogP contribution < -0.4 is 10.2 Å². The van der Waals surface area contributed by atoms with Crippen molar-refractivity contribution in [2.24, 2.45) is 0 Å². The molecular weight excluding hydrogens is 220 g/mol. The second kappa shape index (κ2) is 6.51. The summed E-state index contributed by atoms with van der Waals surface area (Å²) < 4.78 is 5.37. The number of nitrogens with zero attached hydrogens (tertiary/aromatic N) is 1. The first kappa shape index (κ1) is 13.0. The number of nitriles is 1. The van der Waals surface area contributed by atoms with Crippen LogP contribution in [0.4, 0.5) is 0 Å². The minimum absolute atomic E-state index is 0.366.